The van der Waals surface area contributed by atoms with Gasteiger partial charge in [0.15, 0.2) is 0 Å². The van der Waals surface area contributed by atoms with E-state index in [4.69, 9.17) is 15.2 Å². The normalized spacial score (nSPS) is 16.2. The summed E-state index contributed by atoms with van der Waals surface area (Å²) in [6, 6.07) is 8.61. The van der Waals surface area contributed by atoms with Gasteiger partial charge in [-0.2, -0.15) is 0 Å². The first kappa shape index (κ1) is 16.3. The highest BCUT2D eigenvalue weighted by Gasteiger charge is 2.31. The van der Waals surface area contributed by atoms with Gasteiger partial charge in [0.2, 0.25) is 0 Å². The van der Waals surface area contributed by atoms with Crippen molar-refractivity contribution >= 4 is 0 Å². The third-order valence-electron chi connectivity index (χ3n) is 4.29. The van der Waals surface area contributed by atoms with Crippen molar-refractivity contribution in [2.75, 3.05) is 33.4 Å². The number of benzene rings is 1. The molecule has 0 saturated heterocycles. The molecule has 0 spiro atoms. The lowest BCUT2D eigenvalue weighted by Gasteiger charge is -2.29. The van der Waals surface area contributed by atoms with Gasteiger partial charge >= 0.3 is 0 Å². The fraction of sp³-hybridized carbons (Fsp3) is 0.647. The number of nitrogens with zero attached hydrogens (tertiary/aromatic N) is 1. The molecule has 0 aliphatic heterocycles. The van der Waals surface area contributed by atoms with Crippen LogP contribution in [0.3, 0.4) is 0 Å². The Morgan fingerprint density at radius 3 is 2.62 bits per heavy atom. The third-order valence-corrected chi connectivity index (χ3v) is 4.29. The first-order valence-corrected chi connectivity index (χ1v) is 7.90. The van der Waals surface area contributed by atoms with E-state index in [-0.39, 0.29) is 0 Å². The summed E-state index contributed by atoms with van der Waals surface area (Å²) < 4.78 is 11.2. The monoisotopic (exact) mass is 292 g/mol. The van der Waals surface area contributed by atoms with Crippen LogP contribution in [0.25, 0.3) is 0 Å². The highest BCUT2D eigenvalue weighted by molar-refractivity contribution is 5.32. The third kappa shape index (κ3) is 4.99. The average molecular weight is 292 g/mol. The predicted molar refractivity (Wildman–Crippen MR) is 85.5 cm³/mol. The minimum Gasteiger partial charge on any atom is -0.492 e. The van der Waals surface area contributed by atoms with Crippen molar-refractivity contribution in [2.24, 2.45) is 11.7 Å². The zero-order valence-corrected chi connectivity index (χ0v) is 13.3. The maximum atomic E-state index is 5.93. The lowest BCUT2D eigenvalue weighted by Crippen LogP contribution is -2.39. The Kier molecular flexibility index (Phi) is 6.49. The molecule has 0 heterocycles. The fourth-order valence-corrected chi connectivity index (χ4v) is 2.69. The molecule has 1 aliphatic rings. The summed E-state index contributed by atoms with van der Waals surface area (Å²) in [5.74, 6) is 1.77. The van der Waals surface area contributed by atoms with Crippen molar-refractivity contribution in [3.63, 3.8) is 0 Å². The number of para-hydroxylation sites is 1. The topological polar surface area (TPSA) is 47.7 Å². The maximum Gasteiger partial charge on any atom is 0.123 e. The van der Waals surface area contributed by atoms with E-state index in [9.17, 15) is 0 Å². The molecule has 0 bridgehead atoms. The molecule has 1 aromatic rings. The van der Waals surface area contributed by atoms with Crippen molar-refractivity contribution in [1.82, 2.24) is 4.90 Å². The molecule has 2 N–H and O–H groups in total. The lowest BCUT2D eigenvalue weighted by molar-refractivity contribution is 0.103. The summed E-state index contributed by atoms with van der Waals surface area (Å²) in [5.41, 5.74) is 6.80. The fourth-order valence-electron chi connectivity index (χ4n) is 2.69. The van der Waals surface area contributed by atoms with Crippen LogP contribution in [0.2, 0.25) is 0 Å². The molecule has 4 nitrogen and oxygen atoms in total. The van der Waals surface area contributed by atoms with Crippen LogP contribution in [-0.4, -0.2) is 44.4 Å². The first-order chi connectivity index (χ1) is 10.3. The highest BCUT2D eigenvalue weighted by atomic mass is 16.5. The van der Waals surface area contributed by atoms with Gasteiger partial charge in [-0.25, -0.2) is 0 Å². The van der Waals surface area contributed by atoms with E-state index in [1.165, 1.54) is 12.8 Å². The summed E-state index contributed by atoms with van der Waals surface area (Å²) in [5, 5.41) is 0. The van der Waals surface area contributed by atoms with Gasteiger partial charge in [-0.1, -0.05) is 18.2 Å². The highest BCUT2D eigenvalue weighted by Crippen LogP contribution is 2.35. The molecule has 1 aliphatic carbocycles. The first-order valence-electron chi connectivity index (χ1n) is 7.90. The predicted octanol–water partition coefficient (Wildman–Crippen LogP) is 2.27. The van der Waals surface area contributed by atoms with E-state index in [1.807, 2.05) is 24.3 Å². The van der Waals surface area contributed by atoms with Gasteiger partial charge in [-0.15, -0.1) is 0 Å². The molecule has 1 fully saturated rings. The SMILES string of the molecule is COCCN(CCOc1ccccc1CN)C(C)C1CC1. The molecule has 0 amide bonds. The number of ether oxygens (including phenoxy) is 2. The van der Waals surface area contributed by atoms with Crippen molar-refractivity contribution in [2.45, 2.75) is 32.4 Å². The van der Waals surface area contributed by atoms with Gasteiger partial charge in [-0.3, -0.25) is 4.90 Å². The molecule has 118 valence electrons. The maximum absolute atomic E-state index is 5.93. The number of rotatable bonds is 10. The number of hydrogen-bond acceptors (Lipinski definition) is 4. The van der Waals surface area contributed by atoms with Crippen LogP contribution in [0.15, 0.2) is 24.3 Å². The zero-order chi connectivity index (χ0) is 15.1. The Hall–Kier alpha value is -1.10. The Labute approximate surface area is 128 Å². The molecule has 1 atom stereocenters. The molecule has 21 heavy (non-hydrogen) atoms. The van der Waals surface area contributed by atoms with Gasteiger partial charge in [-0.05, 0) is 31.7 Å². The second-order valence-corrected chi connectivity index (χ2v) is 5.77. The molecule has 1 saturated carbocycles. The molecule has 1 unspecified atom stereocenters. The quantitative estimate of drug-likeness (QED) is 0.718. The summed E-state index contributed by atoms with van der Waals surface area (Å²) in [6.07, 6.45) is 2.73. The van der Waals surface area contributed by atoms with Crippen molar-refractivity contribution < 1.29 is 9.47 Å². The van der Waals surface area contributed by atoms with E-state index in [0.717, 1.165) is 36.9 Å². The van der Waals surface area contributed by atoms with Crippen molar-refractivity contribution in [3.8, 4) is 5.75 Å². The minimum atomic E-state index is 0.516. The van der Waals surface area contributed by atoms with Gasteiger partial charge < -0.3 is 15.2 Å². The molecule has 2 rings (SSSR count). The zero-order valence-electron chi connectivity index (χ0n) is 13.3. The molecule has 4 heteroatoms. The second-order valence-electron chi connectivity index (χ2n) is 5.77. The molecule has 0 aromatic heterocycles. The number of hydrogen-bond donors (Lipinski definition) is 1. The summed E-state index contributed by atoms with van der Waals surface area (Å²) >= 11 is 0. The van der Waals surface area contributed by atoms with Gasteiger partial charge in [0.05, 0.1) is 6.61 Å². The van der Waals surface area contributed by atoms with Crippen LogP contribution >= 0.6 is 0 Å². The molecular weight excluding hydrogens is 264 g/mol. The Bertz CT molecular complexity index is 421. The van der Waals surface area contributed by atoms with E-state index in [0.29, 0.717) is 19.2 Å². The van der Waals surface area contributed by atoms with Crippen LogP contribution in [0, 0.1) is 5.92 Å². The Morgan fingerprint density at radius 2 is 1.95 bits per heavy atom. The van der Waals surface area contributed by atoms with E-state index in [1.54, 1.807) is 7.11 Å². The van der Waals surface area contributed by atoms with Crippen molar-refractivity contribution in [1.29, 1.82) is 0 Å². The van der Waals surface area contributed by atoms with Crippen LogP contribution in [-0.2, 0) is 11.3 Å². The smallest absolute Gasteiger partial charge is 0.123 e. The number of nitrogens with two attached hydrogens (primary N) is 1. The van der Waals surface area contributed by atoms with Crippen molar-refractivity contribution in [3.05, 3.63) is 29.8 Å². The molecule has 0 radical (unpaired) electrons. The standard InChI is InChI=1S/C17H28N2O2/c1-14(15-7-8-15)19(9-11-20-2)10-12-21-17-6-4-3-5-16(17)13-18/h3-6,14-15H,7-13,18H2,1-2H3. The summed E-state index contributed by atoms with van der Waals surface area (Å²) in [6.45, 7) is 6.20. The van der Waals surface area contributed by atoms with E-state index < -0.39 is 0 Å². The lowest BCUT2D eigenvalue weighted by atomic mass is 10.2. The minimum absolute atomic E-state index is 0.516. The van der Waals surface area contributed by atoms with Crippen LogP contribution in [0.1, 0.15) is 25.3 Å². The average Bonchev–Trinajstić information content (AvgIpc) is 3.35. The second kappa shape index (κ2) is 8.37. The molecule has 1 aromatic carbocycles. The van der Waals surface area contributed by atoms with Gasteiger partial charge in [0, 0.05) is 38.3 Å². The van der Waals surface area contributed by atoms with Crippen LogP contribution in [0.4, 0.5) is 0 Å². The van der Waals surface area contributed by atoms with E-state index >= 15 is 0 Å². The van der Waals surface area contributed by atoms with E-state index in [2.05, 4.69) is 11.8 Å². The number of methoxy groups -OCH3 is 1. The van der Waals surface area contributed by atoms with Crippen LogP contribution in [0.5, 0.6) is 5.75 Å². The van der Waals surface area contributed by atoms with Gasteiger partial charge in [0.1, 0.15) is 12.4 Å². The largest absolute Gasteiger partial charge is 0.492 e. The Balaban J connectivity index is 1.83. The van der Waals surface area contributed by atoms with Gasteiger partial charge in [0.25, 0.3) is 0 Å². The molecular formula is C17H28N2O2. The summed E-state index contributed by atoms with van der Waals surface area (Å²) in [7, 11) is 1.76. The van der Waals surface area contributed by atoms with Crippen LogP contribution < -0.4 is 10.5 Å². The Morgan fingerprint density at radius 1 is 1.24 bits per heavy atom. The summed E-state index contributed by atoms with van der Waals surface area (Å²) in [4.78, 5) is 2.48.